The molecule has 0 N–H and O–H groups in total. The van der Waals surface area contributed by atoms with Gasteiger partial charge in [-0.2, -0.15) is 0 Å². The molecule has 0 atom stereocenters. The van der Waals surface area contributed by atoms with E-state index in [4.69, 9.17) is 7.85 Å². The third-order valence-corrected chi connectivity index (χ3v) is 2.66. The highest BCUT2D eigenvalue weighted by molar-refractivity contribution is 6.32. The van der Waals surface area contributed by atoms with Crippen LogP contribution in [0.25, 0.3) is 22.2 Å². The Morgan fingerprint density at radius 2 is 1.47 bits per heavy atom. The summed E-state index contributed by atoms with van der Waals surface area (Å²) in [6.45, 7) is 0. The number of rotatable bonds is 1. The Hall–Kier alpha value is -2.16. The second kappa shape index (κ2) is 4.02. The van der Waals surface area contributed by atoms with Crippen molar-refractivity contribution in [1.29, 1.82) is 0 Å². The molecule has 0 saturated heterocycles. The van der Waals surface area contributed by atoms with Crippen LogP contribution in [-0.4, -0.2) is 17.8 Å². The van der Waals surface area contributed by atoms with Crippen LogP contribution in [0.4, 0.5) is 0 Å². The van der Waals surface area contributed by atoms with Crippen molar-refractivity contribution in [3.8, 4) is 11.1 Å². The molecule has 0 aliphatic heterocycles. The highest BCUT2D eigenvalue weighted by atomic mass is 14.7. The van der Waals surface area contributed by atoms with E-state index in [1.807, 2.05) is 36.5 Å². The van der Waals surface area contributed by atoms with E-state index in [2.05, 4.69) is 22.1 Å². The van der Waals surface area contributed by atoms with Crippen LogP contribution in [-0.2, 0) is 0 Å². The summed E-state index contributed by atoms with van der Waals surface area (Å²) < 4.78 is 0. The lowest BCUT2D eigenvalue weighted by Gasteiger charge is -2.03. The number of pyridine rings is 2. The second-order valence-electron chi connectivity index (χ2n) is 3.90. The zero-order valence-electron chi connectivity index (χ0n) is 9.17. The third-order valence-electron chi connectivity index (χ3n) is 2.66. The van der Waals surface area contributed by atoms with Crippen molar-refractivity contribution in [2.75, 3.05) is 0 Å². The van der Waals surface area contributed by atoms with E-state index in [-0.39, 0.29) is 0 Å². The molecular weight excluding hydrogens is 207 g/mol. The maximum Gasteiger partial charge on any atom is 0.116 e. The number of nitrogens with zero attached hydrogens (tertiary/aromatic N) is 2. The van der Waals surface area contributed by atoms with Crippen LogP contribution in [0, 0.1) is 0 Å². The fourth-order valence-electron chi connectivity index (χ4n) is 1.81. The van der Waals surface area contributed by atoms with Crippen molar-refractivity contribution in [3.05, 3.63) is 54.9 Å². The Kier molecular flexibility index (Phi) is 2.37. The highest BCUT2D eigenvalue weighted by Gasteiger charge is 2.01. The Labute approximate surface area is 101 Å². The minimum Gasteiger partial charge on any atom is -0.255 e. The van der Waals surface area contributed by atoms with Crippen LogP contribution in [0.2, 0.25) is 0 Å². The van der Waals surface area contributed by atoms with Crippen molar-refractivity contribution < 1.29 is 0 Å². The average Bonchev–Trinajstić information content (AvgIpc) is 2.39. The van der Waals surface area contributed by atoms with Gasteiger partial charge in [0, 0.05) is 18.0 Å². The van der Waals surface area contributed by atoms with Gasteiger partial charge >= 0.3 is 0 Å². The number of fused-ring (bicyclic) bond motifs is 1. The van der Waals surface area contributed by atoms with Crippen LogP contribution < -0.4 is 5.46 Å². The molecule has 2 radical (unpaired) electrons. The summed E-state index contributed by atoms with van der Waals surface area (Å²) in [5.41, 5.74) is 4.53. The molecule has 2 nitrogen and oxygen atoms in total. The van der Waals surface area contributed by atoms with Gasteiger partial charge in [0.05, 0.1) is 11.0 Å². The quantitative estimate of drug-likeness (QED) is 0.582. The molecule has 3 heteroatoms. The molecule has 1 aromatic carbocycles. The maximum atomic E-state index is 5.67. The van der Waals surface area contributed by atoms with Crippen molar-refractivity contribution in [3.63, 3.8) is 0 Å². The first kappa shape index (κ1) is 10.0. The summed E-state index contributed by atoms with van der Waals surface area (Å²) in [6.07, 6.45) is 3.50. The lowest BCUT2D eigenvalue weighted by molar-refractivity contribution is 1.35. The van der Waals surface area contributed by atoms with Gasteiger partial charge < -0.3 is 0 Å². The normalized spacial score (nSPS) is 10.6. The third kappa shape index (κ3) is 1.92. The molecular formula is C14H9BN2. The van der Waals surface area contributed by atoms with Gasteiger partial charge in [0.25, 0.3) is 0 Å². The van der Waals surface area contributed by atoms with Gasteiger partial charge in [-0.3, -0.25) is 9.97 Å². The standard InChI is InChI=1S/C14H9BN2/c15-12-7-14-13(17-9-12)6-11(8-16-14)10-4-2-1-3-5-10/h1-9H. The zero-order valence-corrected chi connectivity index (χ0v) is 9.17. The molecule has 0 amide bonds. The van der Waals surface area contributed by atoms with Gasteiger partial charge in [-0.05, 0) is 17.7 Å². The lowest BCUT2D eigenvalue weighted by Crippen LogP contribution is -2.02. The summed E-state index contributed by atoms with van der Waals surface area (Å²) in [5.74, 6) is 0. The SMILES string of the molecule is [B]c1cnc2cc(-c3ccccc3)cnc2c1. The number of hydrogen-bond acceptors (Lipinski definition) is 2. The largest absolute Gasteiger partial charge is 0.255 e. The second-order valence-corrected chi connectivity index (χ2v) is 3.90. The maximum absolute atomic E-state index is 5.67. The van der Waals surface area contributed by atoms with Crippen LogP contribution in [0.5, 0.6) is 0 Å². The van der Waals surface area contributed by atoms with E-state index in [1.54, 1.807) is 6.20 Å². The summed E-state index contributed by atoms with van der Waals surface area (Å²) in [6, 6.07) is 14.0. The van der Waals surface area contributed by atoms with Crippen molar-refractivity contribution in [1.82, 2.24) is 9.97 Å². The summed E-state index contributed by atoms with van der Waals surface area (Å²) in [7, 11) is 5.67. The molecule has 0 spiro atoms. The van der Waals surface area contributed by atoms with Crippen LogP contribution in [0.1, 0.15) is 0 Å². The summed E-state index contributed by atoms with van der Waals surface area (Å²) >= 11 is 0. The summed E-state index contributed by atoms with van der Waals surface area (Å²) in [4.78, 5) is 8.66. The molecule has 0 saturated carbocycles. The van der Waals surface area contributed by atoms with Crippen LogP contribution >= 0.6 is 0 Å². The predicted molar refractivity (Wildman–Crippen MR) is 70.4 cm³/mol. The monoisotopic (exact) mass is 216 g/mol. The number of benzene rings is 1. The molecule has 3 aromatic rings. The molecule has 0 bridgehead atoms. The first-order chi connectivity index (χ1) is 8.33. The Bertz CT molecular complexity index is 665. The van der Waals surface area contributed by atoms with Crippen molar-refractivity contribution in [2.45, 2.75) is 0 Å². The molecule has 0 aliphatic carbocycles. The highest BCUT2D eigenvalue weighted by Crippen LogP contribution is 2.20. The Morgan fingerprint density at radius 1 is 0.765 bits per heavy atom. The summed E-state index contributed by atoms with van der Waals surface area (Å²) in [5, 5.41) is 0. The molecule has 78 valence electrons. The number of hydrogen-bond donors (Lipinski definition) is 0. The van der Waals surface area contributed by atoms with E-state index in [9.17, 15) is 0 Å². The molecule has 0 fully saturated rings. The molecule has 0 aliphatic rings. The van der Waals surface area contributed by atoms with Crippen molar-refractivity contribution in [2.24, 2.45) is 0 Å². The molecule has 3 rings (SSSR count). The van der Waals surface area contributed by atoms with Crippen LogP contribution in [0.3, 0.4) is 0 Å². The van der Waals surface area contributed by atoms with Crippen LogP contribution in [0.15, 0.2) is 54.9 Å². The molecule has 2 heterocycles. The topological polar surface area (TPSA) is 25.8 Å². The van der Waals surface area contributed by atoms with E-state index in [0.29, 0.717) is 5.46 Å². The van der Waals surface area contributed by atoms with Gasteiger partial charge in [0.15, 0.2) is 0 Å². The van der Waals surface area contributed by atoms with Gasteiger partial charge in [0.1, 0.15) is 7.85 Å². The Morgan fingerprint density at radius 3 is 2.29 bits per heavy atom. The first-order valence-electron chi connectivity index (χ1n) is 5.40. The van der Waals surface area contributed by atoms with Gasteiger partial charge in [-0.1, -0.05) is 35.8 Å². The predicted octanol–water partition coefficient (Wildman–Crippen LogP) is 2.09. The van der Waals surface area contributed by atoms with Gasteiger partial charge in [-0.25, -0.2) is 0 Å². The van der Waals surface area contributed by atoms with Gasteiger partial charge in [0.2, 0.25) is 0 Å². The fourth-order valence-corrected chi connectivity index (χ4v) is 1.81. The van der Waals surface area contributed by atoms with E-state index in [0.717, 1.165) is 22.2 Å². The van der Waals surface area contributed by atoms with E-state index in [1.165, 1.54) is 0 Å². The minimum atomic E-state index is 0.637. The number of aromatic nitrogens is 2. The average molecular weight is 216 g/mol. The van der Waals surface area contributed by atoms with E-state index >= 15 is 0 Å². The smallest absolute Gasteiger partial charge is 0.116 e. The van der Waals surface area contributed by atoms with Crippen molar-refractivity contribution >= 4 is 24.3 Å². The van der Waals surface area contributed by atoms with Gasteiger partial charge in [-0.15, -0.1) is 0 Å². The minimum absolute atomic E-state index is 0.637. The fraction of sp³-hybridized carbons (Fsp3) is 0. The Balaban J connectivity index is 2.17. The molecule has 17 heavy (non-hydrogen) atoms. The zero-order chi connectivity index (χ0) is 11.7. The first-order valence-corrected chi connectivity index (χ1v) is 5.40. The van der Waals surface area contributed by atoms with E-state index < -0.39 is 0 Å². The molecule has 0 unspecified atom stereocenters. The lowest BCUT2D eigenvalue weighted by atomic mass is 9.98. The molecule has 2 aromatic heterocycles.